The van der Waals surface area contributed by atoms with Gasteiger partial charge >= 0.3 is 0 Å². The number of hydrogen-bond donors (Lipinski definition) is 1. The van der Waals surface area contributed by atoms with E-state index >= 15 is 0 Å². The summed E-state index contributed by atoms with van der Waals surface area (Å²) in [5.74, 6) is 0.225. The molecule has 1 aromatic rings. The van der Waals surface area contributed by atoms with Crippen molar-refractivity contribution < 1.29 is 4.79 Å². The van der Waals surface area contributed by atoms with Crippen LogP contribution in [0, 0.1) is 0 Å². The molecule has 104 valence electrons. The van der Waals surface area contributed by atoms with Gasteiger partial charge in [-0.3, -0.25) is 4.79 Å². The zero-order valence-corrected chi connectivity index (χ0v) is 13.1. The van der Waals surface area contributed by atoms with Crippen molar-refractivity contribution in [1.29, 1.82) is 0 Å². The van der Waals surface area contributed by atoms with Gasteiger partial charge in [0.15, 0.2) is 0 Å². The summed E-state index contributed by atoms with van der Waals surface area (Å²) in [6, 6.07) is 7.23. The molecular formula is C16H23NOS. The van der Waals surface area contributed by atoms with Crippen LogP contribution in [0.2, 0.25) is 0 Å². The Morgan fingerprint density at radius 1 is 1.37 bits per heavy atom. The van der Waals surface area contributed by atoms with Crippen LogP contribution >= 0.6 is 11.8 Å². The first kappa shape index (κ1) is 14.6. The highest BCUT2D eigenvalue weighted by molar-refractivity contribution is 8.01. The molecule has 0 fully saturated rings. The molecule has 1 N–H and O–H groups in total. The van der Waals surface area contributed by atoms with E-state index in [1.54, 1.807) is 18.7 Å². The highest BCUT2D eigenvalue weighted by Gasteiger charge is 2.26. The molecule has 0 aromatic heterocycles. The Morgan fingerprint density at radius 3 is 2.68 bits per heavy atom. The minimum absolute atomic E-state index is 0.225. The van der Waals surface area contributed by atoms with Crippen molar-refractivity contribution in [1.82, 2.24) is 5.32 Å². The van der Waals surface area contributed by atoms with Gasteiger partial charge < -0.3 is 5.32 Å². The van der Waals surface area contributed by atoms with E-state index in [1.165, 1.54) is 16.0 Å². The second kappa shape index (κ2) is 5.68. The molecule has 0 saturated carbocycles. The monoisotopic (exact) mass is 277 g/mol. The predicted molar refractivity (Wildman–Crippen MR) is 81.9 cm³/mol. The molecular weight excluding hydrogens is 254 g/mol. The number of fused-ring (bicyclic) bond motifs is 1. The van der Waals surface area contributed by atoms with E-state index in [0.717, 1.165) is 19.4 Å². The Morgan fingerprint density at radius 2 is 2.05 bits per heavy atom. The second-order valence-electron chi connectivity index (χ2n) is 5.76. The molecule has 0 bridgehead atoms. The number of ketones is 1. The van der Waals surface area contributed by atoms with Crippen LogP contribution in [0.5, 0.6) is 0 Å². The molecule has 0 heterocycles. The first-order valence-electron chi connectivity index (χ1n) is 6.97. The molecule has 1 unspecified atom stereocenters. The van der Waals surface area contributed by atoms with E-state index in [4.69, 9.17) is 0 Å². The SMILES string of the molecule is CCNC1Cc2ccc(SC(C)(C)C(C)=O)cc2C1. The van der Waals surface area contributed by atoms with Crippen LogP contribution in [-0.4, -0.2) is 23.1 Å². The largest absolute Gasteiger partial charge is 0.314 e. The zero-order valence-electron chi connectivity index (χ0n) is 12.2. The van der Waals surface area contributed by atoms with Gasteiger partial charge in [0, 0.05) is 10.9 Å². The average molecular weight is 277 g/mol. The summed E-state index contributed by atoms with van der Waals surface area (Å²) in [5.41, 5.74) is 2.89. The molecule has 0 aliphatic heterocycles. The topological polar surface area (TPSA) is 29.1 Å². The number of nitrogens with one attached hydrogen (secondary N) is 1. The first-order chi connectivity index (χ1) is 8.92. The normalized spacial score (nSPS) is 18.4. The third kappa shape index (κ3) is 3.40. The lowest BCUT2D eigenvalue weighted by Gasteiger charge is -2.20. The van der Waals surface area contributed by atoms with Gasteiger partial charge in [-0.2, -0.15) is 0 Å². The lowest BCUT2D eigenvalue weighted by atomic mass is 10.1. The summed E-state index contributed by atoms with van der Waals surface area (Å²) in [6.07, 6.45) is 2.24. The molecule has 0 radical (unpaired) electrons. The van der Waals surface area contributed by atoms with Crippen LogP contribution in [0.3, 0.4) is 0 Å². The van der Waals surface area contributed by atoms with Crippen LogP contribution < -0.4 is 5.32 Å². The van der Waals surface area contributed by atoms with Gasteiger partial charge in [-0.25, -0.2) is 0 Å². The van der Waals surface area contributed by atoms with Crippen LogP contribution in [0.4, 0.5) is 0 Å². The molecule has 1 atom stereocenters. The van der Waals surface area contributed by atoms with Crippen molar-refractivity contribution in [3.8, 4) is 0 Å². The Kier molecular flexibility index (Phi) is 4.36. The highest BCUT2D eigenvalue weighted by atomic mass is 32.2. The van der Waals surface area contributed by atoms with E-state index in [9.17, 15) is 4.79 Å². The lowest BCUT2D eigenvalue weighted by molar-refractivity contribution is -0.118. The smallest absolute Gasteiger partial charge is 0.145 e. The minimum atomic E-state index is -0.339. The standard InChI is InChI=1S/C16H23NOS/c1-5-17-14-8-12-6-7-15(10-13(12)9-14)19-16(3,4)11(2)18/h6-7,10,14,17H,5,8-9H2,1-4H3. The van der Waals surface area contributed by atoms with Gasteiger partial charge in [-0.15, -0.1) is 11.8 Å². The fourth-order valence-corrected chi connectivity index (χ4v) is 3.53. The van der Waals surface area contributed by atoms with Crippen molar-refractivity contribution in [3.63, 3.8) is 0 Å². The number of carbonyl (C=O) groups is 1. The molecule has 3 heteroatoms. The summed E-state index contributed by atoms with van der Waals surface area (Å²) in [4.78, 5) is 12.8. The summed E-state index contributed by atoms with van der Waals surface area (Å²) in [7, 11) is 0. The number of carbonyl (C=O) groups excluding carboxylic acids is 1. The average Bonchev–Trinajstić information content (AvgIpc) is 2.70. The maximum atomic E-state index is 11.6. The van der Waals surface area contributed by atoms with Gasteiger partial charge in [-0.05, 0) is 63.4 Å². The summed E-state index contributed by atoms with van der Waals surface area (Å²) in [5, 5.41) is 3.52. The second-order valence-corrected chi connectivity index (χ2v) is 7.46. The number of thioether (sulfide) groups is 1. The summed E-state index contributed by atoms with van der Waals surface area (Å²) < 4.78 is -0.339. The fourth-order valence-electron chi connectivity index (χ4n) is 2.46. The van der Waals surface area contributed by atoms with E-state index in [2.05, 4.69) is 30.4 Å². The lowest BCUT2D eigenvalue weighted by Crippen LogP contribution is -2.28. The quantitative estimate of drug-likeness (QED) is 0.838. The van der Waals surface area contributed by atoms with E-state index < -0.39 is 0 Å². The maximum absolute atomic E-state index is 11.6. The molecule has 19 heavy (non-hydrogen) atoms. The number of Topliss-reactive ketones (excluding diaryl/α,β-unsaturated/α-hetero) is 1. The molecule has 2 rings (SSSR count). The number of hydrogen-bond acceptors (Lipinski definition) is 3. The van der Waals surface area contributed by atoms with Crippen LogP contribution in [-0.2, 0) is 17.6 Å². The van der Waals surface area contributed by atoms with Crippen LogP contribution in [0.15, 0.2) is 23.1 Å². The van der Waals surface area contributed by atoms with Gasteiger partial charge in [-0.1, -0.05) is 13.0 Å². The van der Waals surface area contributed by atoms with Crippen molar-refractivity contribution in [2.45, 2.75) is 56.2 Å². The Bertz CT molecular complexity index is 482. The third-order valence-corrected chi connectivity index (χ3v) is 5.11. The highest BCUT2D eigenvalue weighted by Crippen LogP contribution is 2.35. The Hall–Kier alpha value is -0.800. The van der Waals surface area contributed by atoms with E-state index in [1.807, 2.05) is 13.8 Å². The Labute approximate surface area is 120 Å². The fraction of sp³-hybridized carbons (Fsp3) is 0.562. The zero-order chi connectivity index (χ0) is 14.0. The summed E-state index contributed by atoms with van der Waals surface area (Å²) in [6.45, 7) is 8.84. The van der Waals surface area contributed by atoms with E-state index in [0.29, 0.717) is 6.04 Å². The molecule has 0 amide bonds. The van der Waals surface area contributed by atoms with E-state index in [-0.39, 0.29) is 10.5 Å². The van der Waals surface area contributed by atoms with Crippen molar-refractivity contribution in [2.75, 3.05) is 6.54 Å². The maximum Gasteiger partial charge on any atom is 0.145 e. The number of rotatable bonds is 5. The van der Waals surface area contributed by atoms with Crippen LogP contribution in [0.1, 0.15) is 38.8 Å². The molecule has 0 spiro atoms. The Balaban J connectivity index is 2.12. The summed E-state index contributed by atoms with van der Waals surface area (Å²) >= 11 is 1.66. The van der Waals surface area contributed by atoms with Gasteiger partial charge in [0.2, 0.25) is 0 Å². The van der Waals surface area contributed by atoms with Gasteiger partial charge in [0.1, 0.15) is 5.78 Å². The first-order valence-corrected chi connectivity index (χ1v) is 7.79. The predicted octanol–water partition coefficient (Wildman–Crippen LogP) is 3.22. The molecule has 0 saturated heterocycles. The van der Waals surface area contributed by atoms with Gasteiger partial charge in [0.05, 0.1) is 4.75 Å². The van der Waals surface area contributed by atoms with Gasteiger partial charge in [0.25, 0.3) is 0 Å². The van der Waals surface area contributed by atoms with Crippen molar-refractivity contribution in [2.24, 2.45) is 0 Å². The van der Waals surface area contributed by atoms with Crippen LogP contribution in [0.25, 0.3) is 0 Å². The third-order valence-electron chi connectivity index (χ3n) is 3.82. The molecule has 2 nitrogen and oxygen atoms in total. The molecule has 1 aliphatic rings. The number of likely N-dealkylation sites (N-methyl/N-ethyl adjacent to an activating group) is 1. The van der Waals surface area contributed by atoms with Crippen molar-refractivity contribution in [3.05, 3.63) is 29.3 Å². The minimum Gasteiger partial charge on any atom is -0.314 e. The number of benzene rings is 1. The molecule has 1 aromatic carbocycles. The van der Waals surface area contributed by atoms with Crippen molar-refractivity contribution >= 4 is 17.5 Å². The molecule has 1 aliphatic carbocycles.